The molecule has 0 unspecified atom stereocenters. The average Bonchev–Trinajstić information content (AvgIpc) is 2.30. The first-order valence-corrected chi connectivity index (χ1v) is 7.35. The number of anilines is 1. The Morgan fingerprint density at radius 3 is 2.61 bits per heavy atom. The van der Waals surface area contributed by atoms with Crippen molar-refractivity contribution >= 4 is 34.2 Å². The fourth-order valence-corrected chi connectivity index (χ4v) is 2.48. The van der Waals surface area contributed by atoms with Crippen molar-refractivity contribution in [3.8, 4) is 0 Å². The lowest BCUT2D eigenvalue weighted by atomic mass is 9.94. The molecule has 0 saturated carbocycles. The van der Waals surface area contributed by atoms with Gasteiger partial charge in [-0.3, -0.25) is 4.79 Å². The Labute approximate surface area is 123 Å². The Balaban J connectivity index is 2.53. The Bertz CT molecular complexity index is 393. The SMILES string of the molecule is CC(C)C[C@H](CN)CC(=O)Nc1ccccc1I. The summed E-state index contributed by atoms with van der Waals surface area (Å²) >= 11 is 2.22. The number of halogens is 1. The molecule has 0 aliphatic heterocycles. The first-order valence-electron chi connectivity index (χ1n) is 6.27. The molecule has 1 amide bonds. The Kier molecular flexibility index (Phi) is 6.63. The molecule has 3 nitrogen and oxygen atoms in total. The van der Waals surface area contributed by atoms with E-state index in [1.165, 1.54) is 0 Å². The largest absolute Gasteiger partial charge is 0.330 e. The molecule has 0 radical (unpaired) electrons. The number of hydrogen-bond acceptors (Lipinski definition) is 2. The first kappa shape index (κ1) is 15.4. The Morgan fingerprint density at radius 1 is 1.39 bits per heavy atom. The highest BCUT2D eigenvalue weighted by Gasteiger charge is 2.14. The standard InChI is InChI=1S/C14H21IN2O/c1-10(2)7-11(9-16)8-14(18)17-13-6-4-3-5-12(13)15/h3-6,10-11H,7-9,16H2,1-2H3,(H,17,18)/t11-/m0/s1. The molecule has 0 aliphatic carbocycles. The molecule has 0 spiro atoms. The summed E-state index contributed by atoms with van der Waals surface area (Å²) in [7, 11) is 0. The molecule has 0 heterocycles. The monoisotopic (exact) mass is 360 g/mol. The summed E-state index contributed by atoms with van der Waals surface area (Å²) in [6, 6.07) is 7.77. The van der Waals surface area contributed by atoms with E-state index in [9.17, 15) is 4.79 Å². The second kappa shape index (κ2) is 7.74. The predicted octanol–water partition coefficient (Wildman–Crippen LogP) is 3.24. The van der Waals surface area contributed by atoms with Gasteiger partial charge in [-0.05, 0) is 59.5 Å². The summed E-state index contributed by atoms with van der Waals surface area (Å²) in [5.41, 5.74) is 6.59. The number of nitrogens with one attached hydrogen (secondary N) is 1. The van der Waals surface area contributed by atoms with Gasteiger partial charge in [-0.25, -0.2) is 0 Å². The van der Waals surface area contributed by atoms with Gasteiger partial charge in [0.15, 0.2) is 0 Å². The van der Waals surface area contributed by atoms with E-state index in [2.05, 4.69) is 41.8 Å². The van der Waals surface area contributed by atoms with Crippen molar-refractivity contribution in [2.24, 2.45) is 17.6 Å². The van der Waals surface area contributed by atoms with Crippen LogP contribution in [0.2, 0.25) is 0 Å². The molecule has 1 atom stereocenters. The van der Waals surface area contributed by atoms with Crippen LogP contribution in [-0.2, 0) is 4.79 Å². The van der Waals surface area contributed by atoms with Crippen molar-refractivity contribution in [3.05, 3.63) is 27.8 Å². The number of nitrogens with two attached hydrogens (primary N) is 1. The molecule has 0 bridgehead atoms. The van der Waals surface area contributed by atoms with Crippen molar-refractivity contribution in [3.63, 3.8) is 0 Å². The van der Waals surface area contributed by atoms with Crippen LogP contribution in [0.4, 0.5) is 5.69 Å². The number of para-hydroxylation sites is 1. The van der Waals surface area contributed by atoms with Gasteiger partial charge >= 0.3 is 0 Å². The summed E-state index contributed by atoms with van der Waals surface area (Å²) in [5.74, 6) is 0.893. The lowest BCUT2D eigenvalue weighted by Crippen LogP contribution is -2.23. The average molecular weight is 360 g/mol. The third-order valence-corrected chi connectivity index (χ3v) is 3.70. The molecule has 1 aromatic rings. The number of benzene rings is 1. The van der Waals surface area contributed by atoms with Crippen molar-refractivity contribution in [2.45, 2.75) is 26.7 Å². The van der Waals surface area contributed by atoms with E-state index >= 15 is 0 Å². The third-order valence-electron chi connectivity index (χ3n) is 2.76. The van der Waals surface area contributed by atoms with E-state index in [1.54, 1.807) is 0 Å². The normalized spacial score (nSPS) is 12.5. The maximum Gasteiger partial charge on any atom is 0.224 e. The lowest BCUT2D eigenvalue weighted by molar-refractivity contribution is -0.117. The van der Waals surface area contributed by atoms with E-state index in [1.807, 2.05) is 24.3 Å². The van der Waals surface area contributed by atoms with Crippen LogP contribution in [0.15, 0.2) is 24.3 Å². The van der Waals surface area contributed by atoms with E-state index in [0.717, 1.165) is 15.7 Å². The molecule has 0 aromatic heterocycles. The fraction of sp³-hybridized carbons (Fsp3) is 0.500. The second-order valence-electron chi connectivity index (χ2n) is 4.96. The predicted molar refractivity (Wildman–Crippen MR) is 84.4 cm³/mol. The van der Waals surface area contributed by atoms with Gasteiger partial charge in [-0.1, -0.05) is 26.0 Å². The Hall–Kier alpha value is -0.620. The molecule has 0 saturated heterocycles. The van der Waals surface area contributed by atoms with Crippen molar-refractivity contribution in [1.82, 2.24) is 0 Å². The maximum absolute atomic E-state index is 11.9. The quantitative estimate of drug-likeness (QED) is 0.766. The summed E-state index contributed by atoms with van der Waals surface area (Å²) in [6.45, 7) is 4.87. The van der Waals surface area contributed by atoms with E-state index in [4.69, 9.17) is 5.73 Å². The summed E-state index contributed by atoms with van der Waals surface area (Å²) < 4.78 is 1.05. The minimum atomic E-state index is 0.0511. The van der Waals surface area contributed by atoms with E-state index in [0.29, 0.717) is 18.9 Å². The van der Waals surface area contributed by atoms with Gasteiger partial charge in [0, 0.05) is 9.99 Å². The van der Waals surface area contributed by atoms with E-state index < -0.39 is 0 Å². The zero-order chi connectivity index (χ0) is 13.5. The van der Waals surface area contributed by atoms with Crippen molar-refractivity contribution in [1.29, 1.82) is 0 Å². The second-order valence-corrected chi connectivity index (χ2v) is 6.13. The zero-order valence-corrected chi connectivity index (χ0v) is 13.1. The van der Waals surface area contributed by atoms with Crippen molar-refractivity contribution in [2.75, 3.05) is 11.9 Å². The molecule has 18 heavy (non-hydrogen) atoms. The minimum absolute atomic E-state index is 0.0511. The molecule has 0 aliphatic rings. The molecular weight excluding hydrogens is 339 g/mol. The molecule has 1 rings (SSSR count). The molecular formula is C14H21IN2O. The van der Waals surface area contributed by atoms with Crippen LogP contribution >= 0.6 is 22.6 Å². The van der Waals surface area contributed by atoms with Gasteiger partial charge in [-0.2, -0.15) is 0 Å². The number of rotatable bonds is 6. The molecule has 100 valence electrons. The van der Waals surface area contributed by atoms with Crippen LogP contribution in [0.25, 0.3) is 0 Å². The highest BCUT2D eigenvalue weighted by Crippen LogP contribution is 2.19. The summed E-state index contributed by atoms with van der Waals surface area (Å²) in [5, 5.41) is 2.95. The smallest absolute Gasteiger partial charge is 0.224 e. The maximum atomic E-state index is 11.9. The molecule has 0 fully saturated rings. The van der Waals surface area contributed by atoms with Gasteiger partial charge in [0.1, 0.15) is 0 Å². The van der Waals surface area contributed by atoms with Crippen LogP contribution in [0.3, 0.4) is 0 Å². The van der Waals surface area contributed by atoms with Gasteiger partial charge in [0.05, 0.1) is 5.69 Å². The fourth-order valence-electron chi connectivity index (χ4n) is 1.96. The first-order chi connectivity index (χ1) is 8.52. The summed E-state index contributed by atoms with van der Waals surface area (Å²) in [6.07, 6.45) is 1.50. The summed E-state index contributed by atoms with van der Waals surface area (Å²) in [4.78, 5) is 11.9. The number of hydrogen-bond donors (Lipinski definition) is 2. The van der Waals surface area contributed by atoms with Crippen molar-refractivity contribution < 1.29 is 4.79 Å². The number of amides is 1. The van der Waals surface area contributed by atoms with Crippen LogP contribution in [-0.4, -0.2) is 12.5 Å². The van der Waals surface area contributed by atoms with Gasteiger partial charge in [-0.15, -0.1) is 0 Å². The van der Waals surface area contributed by atoms with Crippen LogP contribution in [0.1, 0.15) is 26.7 Å². The van der Waals surface area contributed by atoms with Crippen LogP contribution in [0.5, 0.6) is 0 Å². The van der Waals surface area contributed by atoms with Gasteiger partial charge in [0.2, 0.25) is 5.91 Å². The Morgan fingerprint density at radius 2 is 2.06 bits per heavy atom. The topological polar surface area (TPSA) is 55.1 Å². The number of carbonyl (C=O) groups is 1. The lowest BCUT2D eigenvalue weighted by Gasteiger charge is -2.16. The van der Waals surface area contributed by atoms with E-state index in [-0.39, 0.29) is 11.8 Å². The van der Waals surface area contributed by atoms with Crippen LogP contribution in [0, 0.1) is 15.4 Å². The third kappa shape index (κ3) is 5.35. The highest BCUT2D eigenvalue weighted by atomic mass is 127. The highest BCUT2D eigenvalue weighted by molar-refractivity contribution is 14.1. The van der Waals surface area contributed by atoms with Crippen LogP contribution < -0.4 is 11.1 Å². The molecule has 1 aromatic carbocycles. The molecule has 4 heteroatoms. The number of carbonyl (C=O) groups excluding carboxylic acids is 1. The van der Waals surface area contributed by atoms with Gasteiger partial charge < -0.3 is 11.1 Å². The van der Waals surface area contributed by atoms with Gasteiger partial charge in [0.25, 0.3) is 0 Å². The zero-order valence-electron chi connectivity index (χ0n) is 10.9. The molecule has 3 N–H and O–H groups in total. The minimum Gasteiger partial charge on any atom is -0.330 e.